The zero-order valence-electron chi connectivity index (χ0n) is 33.9. The molecule has 0 aromatic heterocycles. The quantitative estimate of drug-likeness (QED) is 0.142. The topological polar surface area (TPSA) is 6.48 Å². The summed E-state index contributed by atoms with van der Waals surface area (Å²) in [5.74, 6) is 0. The third kappa shape index (κ3) is 6.29. The third-order valence-corrected chi connectivity index (χ3v) is 12.1. The van der Waals surface area contributed by atoms with Gasteiger partial charge in [0.1, 0.15) is 0 Å². The number of benzene rings is 11. The molecule has 0 saturated carbocycles. The molecule has 0 aliphatic carbocycles. The van der Waals surface area contributed by atoms with Gasteiger partial charge in [-0.15, -0.1) is 0 Å². The van der Waals surface area contributed by atoms with Crippen molar-refractivity contribution in [3.63, 3.8) is 0 Å². The summed E-state index contributed by atoms with van der Waals surface area (Å²) in [5, 5.41) is 9.87. The molecule has 0 aliphatic rings. The molecule has 61 heavy (non-hydrogen) atoms. The van der Waals surface area contributed by atoms with E-state index >= 15 is 0 Å². The zero-order valence-corrected chi connectivity index (χ0v) is 33.9. The Bertz CT molecular complexity index is 3310. The van der Waals surface area contributed by atoms with Crippen LogP contribution in [-0.4, -0.2) is 0 Å². The second kappa shape index (κ2) is 15.3. The minimum Gasteiger partial charge on any atom is -0.311 e. The molecule has 0 spiro atoms. The molecule has 2 nitrogen and oxygen atoms in total. The van der Waals surface area contributed by atoms with Crippen LogP contribution >= 0.6 is 0 Å². The zero-order chi connectivity index (χ0) is 40.7. The lowest BCUT2D eigenvalue weighted by atomic mass is 9.82. The van der Waals surface area contributed by atoms with Gasteiger partial charge in [0.15, 0.2) is 0 Å². The highest BCUT2D eigenvalue weighted by atomic mass is 15.2. The van der Waals surface area contributed by atoms with Gasteiger partial charge >= 0.3 is 0 Å². The number of rotatable bonds is 8. The van der Waals surface area contributed by atoms with E-state index in [9.17, 15) is 0 Å². The Hall–Kier alpha value is -7.94. The van der Waals surface area contributed by atoms with Gasteiger partial charge in [-0.05, 0) is 134 Å². The first-order chi connectivity index (χ1) is 30.2. The van der Waals surface area contributed by atoms with Crippen molar-refractivity contribution in [2.45, 2.75) is 6.92 Å². The second-order valence-electron chi connectivity index (χ2n) is 15.7. The molecule has 11 aromatic carbocycles. The van der Waals surface area contributed by atoms with Gasteiger partial charge in [-0.25, -0.2) is 0 Å². The van der Waals surface area contributed by atoms with Crippen molar-refractivity contribution in [2.24, 2.45) is 0 Å². The summed E-state index contributed by atoms with van der Waals surface area (Å²) in [7, 11) is 0. The molecule has 0 unspecified atom stereocenters. The predicted octanol–water partition coefficient (Wildman–Crippen LogP) is 16.9. The van der Waals surface area contributed by atoms with Crippen molar-refractivity contribution in [1.82, 2.24) is 0 Å². The number of hydrogen-bond donors (Lipinski definition) is 0. The van der Waals surface area contributed by atoms with Gasteiger partial charge in [0, 0.05) is 39.4 Å². The minimum absolute atomic E-state index is 1.07. The van der Waals surface area contributed by atoms with Crippen LogP contribution in [0.25, 0.3) is 65.3 Å². The average molecular weight is 779 g/mol. The Labute approximate surface area is 356 Å². The maximum Gasteiger partial charge on any atom is 0.0546 e. The first kappa shape index (κ1) is 36.2. The number of para-hydroxylation sites is 3. The van der Waals surface area contributed by atoms with Crippen molar-refractivity contribution in [2.75, 3.05) is 9.80 Å². The summed E-state index contributed by atoms with van der Waals surface area (Å²) in [6.07, 6.45) is 0. The van der Waals surface area contributed by atoms with Crippen molar-refractivity contribution in [1.29, 1.82) is 0 Å². The van der Waals surface area contributed by atoms with Gasteiger partial charge in [0.05, 0.1) is 5.69 Å². The van der Waals surface area contributed by atoms with Gasteiger partial charge in [-0.1, -0.05) is 170 Å². The largest absolute Gasteiger partial charge is 0.311 e. The Balaban J connectivity index is 1.23. The van der Waals surface area contributed by atoms with E-state index in [2.05, 4.69) is 253 Å². The highest BCUT2D eigenvalue weighted by Crippen LogP contribution is 2.51. The number of fused-ring (bicyclic) bond motifs is 4. The Morgan fingerprint density at radius 3 is 1.33 bits per heavy atom. The average Bonchev–Trinajstić information content (AvgIpc) is 3.33. The Kier molecular flexibility index (Phi) is 9.09. The summed E-state index contributed by atoms with van der Waals surface area (Å²) >= 11 is 0. The fourth-order valence-electron chi connectivity index (χ4n) is 9.43. The molecule has 11 aromatic rings. The lowest BCUT2D eigenvalue weighted by molar-refractivity contribution is 1.26. The van der Waals surface area contributed by atoms with Gasteiger partial charge in [0.2, 0.25) is 0 Å². The fourth-order valence-corrected chi connectivity index (χ4v) is 9.43. The Morgan fingerprint density at radius 1 is 0.262 bits per heavy atom. The van der Waals surface area contributed by atoms with E-state index in [4.69, 9.17) is 0 Å². The van der Waals surface area contributed by atoms with Crippen LogP contribution in [-0.2, 0) is 0 Å². The summed E-state index contributed by atoms with van der Waals surface area (Å²) in [6, 6.07) is 86.0. The summed E-state index contributed by atoms with van der Waals surface area (Å²) < 4.78 is 0. The fraction of sp³-hybridized carbons (Fsp3) is 0.0169. The van der Waals surface area contributed by atoms with Crippen LogP contribution in [0, 0.1) is 6.92 Å². The molecule has 0 N–H and O–H groups in total. The third-order valence-electron chi connectivity index (χ3n) is 12.1. The molecule has 288 valence electrons. The molecule has 0 fully saturated rings. The SMILES string of the molecule is Cc1ccc(-c2c3ccccc3c(-c3cccc4ccccc34)c3cccc(N(c4ccccc4)c4ccc(N(c5ccccc5)c5ccccc5)cc4)c23)c2ccccc12. The molecule has 0 bridgehead atoms. The van der Waals surface area contributed by atoms with Crippen molar-refractivity contribution in [3.8, 4) is 22.3 Å². The molecule has 0 saturated heterocycles. The van der Waals surface area contributed by atoms with Crippen LogP contribution < -0.4 is 9.80 Å². The summed E-state index contributed by atoms with van der Waals surface area (Å²) in [6.45, 7) is 2.22. The molecular weight excluding hydrogens is 737 g/mol. The number of anilines is 6. The van der Waals surface area contributed by atoms with E-state index in [0.29, 0.717) is 0 Å². The van der Waals surface area contributed by atoms with Crippen LogP contribution in [0.1, 0.15) is 5.56 Å². The molecule has 0 atom stereocenters. The van der Waals surface area contributed by atoms with Crippen molar-refractivity contribution in [3.05, 3.63) is 242 Å². The molecule has 0 radical (unpaired) electrons. The standard InChI is InChI=1S/C59H42N2/c1-41-35-40-54(50-29-14-13-27-48(41)50)58-53-31-16-15-30-52(53)57(51-32-17-20-42-19-11-12-28-49(42)51)55-33-18-34-56(59(55)58)61(45-25-9-4-10-26-45)47-38-36-46(37-39-47)60(43-21-5-2-6-22-43)44-23-7-3-8-24-44/h2-40H,1H3. The van der Waals surface area contributed by atoms with E-state index in [1.165, 1.54) is 70.9 Å². The van der Waals surface area contributed by atoms with E-state index in [-0.39, 0.29) is 0 Å². The Morgan fingerprint density at radius 2 is 0.689 bits per heavy atom. The van der Waals surface area contributed by atoms with E-state index in [0.717, 1.165) is 34.1 Å². The molecule has 0 aliphatic heterocycles. The van der Waals surface area contributed by atoms with Gasteiger partial charge in [-0.2, -0.15) is 0 Å². The lowest BCUT2D eigenvalue weighted by Gasteiger charge is -2.30. The normalized spacial score (nSPS) is 11.4. The van der Waals surface area contributed by atoms with Gasteiger partial charge in [-0.3, -0.25) is 0 Å². The van der Waals surface area contributed by atoms with Crippen LogP contribution in [0.5, 0.6) is 0 Å². The van der Waals surface area contributed by atoms with Gasteiger partial charge < -0.3 is 9.80 Å². The van der Waals surface area contributed by atoms with Crippen LogP contribution in [0.2, 0.25) is 0 Å². The van der Waals surface area contributed by atoms with Crippen LogP contribution in [0.15, 0.2) is 237 Å². The number of aryl methyl sites for hydroxylation is 1. The van der Waals surface area contributed by atoms with E-state index in [1.54, 1.807) is 0 Å². The highest BCUT2D eigenvalue weighted by Gasteiger charge is 2.25. The summed E-state index contributed by atoms with van der Waals surface area (Å²) in [5.41, 5.74) is 12.8. The van der Waals surface area contributed by atoms with E-state index < -0.39 is 0 Å². The number of hydrogen-bond acceptors (Lipinski definition) is 2. The van der Waals surface area contributed by atoms with E-state index in [1.807, 2.05) is 0 Å². The van der Waals surface area contributed by atoms with Crippen molar-refractivity contribution >= 4 is 77.2 Å². The summed E-state index contributed by atoms with van der Waals surface area (Å²) in [4.78, 5) is 4.76. The van der Waals surface area contributed by atoms with Crippen LogP contribution in [0.4, 0.5) is 34.1 Å². The lowest BCUT2D eigenvalue weighted by Crippen LogP contribution is -2.12. The monoisotopic (exact) mass is 778 g/mol. The van der Waals surface area contributed by atoms with Crippen molar-refractivity contribution < 1.29 is 0 Å². The predicted molar refractivity (Wildman–Crippen MR) is 261 cm³/mol. The molecule has 0 heterocycles. The number of nitrogens with zero attached hydrogens (tertiary/aromatic N) is 2. The minimum atomic E-state index is 1.07. The first-order valence-corrected chi connectivity index (χ1v) is 21.0. The highest BCUT2D eigenvalue weighted by molar-refractivity contribution is 6.28. The maximum atomic E-state index is 2.45. The molecule has 11 rings (SSSR count). The first-order valence-electron chi connectivity index (χ1n) is 21.0. The van der Waals surface area contributed by atoms with Crippen LogP contribution in [0.3, 0.4) is 0 Å². The molecule has 0 amide bonds. The second-order valence-corrected chi connectivity index (χ2v) is 15.7. The van der Waals surface area contributed by atoms with Gasteiger partial charge in [0.25, 0.3) is 0 Å². The molecular formula is C59H42N2. The molecule has 2 heteroatoms. The maximum absolute atomic E-state index is 2.45. The smallest absolute Gasteiger partial charge is 0.0546 e.